The molecule has 9 heteroatoms. The van der Waals surface area contributed by atoms with Gasteiger partial charge in [-0.2, -0.15) is 0 Å². The van der Waals surface area contributed by atoms with Crippen LogP contribution in [0.3, 0.4) is 0 Å². The van der Waals surface area contributed by atoms with E-state index in [0.717, 1.165) is 22.9 Å². The van der Waals surface area contributed by atoms with E-state index < -0.39 is 29.0 Å². The second-order valence-corrected chi connectivity index (χ2v) is 8.70. The van der Waals surface area contributed by atoms with Crippen LogP contribution >= 0.6 is 23.4 Å². The van der Waals surface area contributed by atoms with Crippen molar-refractivity contribution < 1.29 is 34.6 Å². The van der Waals surface area contributed by atoms with Gasteiger partial charge in [-0.25, -0.2) is 0 Å². The molecule has 2 aromatic rings. The van der Waals surface area contributed by atoms with Gasteiger partial charge in [-0.3, -0.25) is 0 Å². The average molecular weight is 457 g/mol. The molecule has 0 amide bonds. The zero-order chi connectivity index (χ0) is 21.8. The van der Waals surface area contributed by atoms with Crippen LogP contribution < -0.4 is 14.2 Å². The Bertz CT molecular complexity index is 863. The van der Waals surface area contributed by atoms with E-state index in [0.29, 0.717) is 28.7 Å². The second kappa shape index (κ2) is 10.1. The van der Waals surface area contributed by atoms with Crippen molar-refractivity contribution in [2.45, 2.75) is 35.4 Å². The lowest BCUT2D eigenvalue weighted by atomic mass is 10.0. The van der Waals surface area contributed by atoms with Gasteiger partial charge in [0.15, 0.2) is 5.44 Å². The van der Waals surface area contributed by atoms with Crippen LogP contribution in [-0.2, 0) is 6.42 Å². The number of aliphatic hydroxyl groups is 4. The summed E-state index contributed by atoms with van der Waals surface area (Å²) in [4.78, 5) is 0. The highest BCUT2D eigenvalue weighted by Crippen LogP contribution is 2.37. The number of hydrogen-bond acceptors (Lipinski definition) is 8. The Morgan fingerprint density at radius 2 is 1.67 bits per heavy atom. The summed E-state index contributed by atoms with van der Waals surface area (Å²) in [6.45, 7) is -0.355. The van der Waals surface area contributed by atoms with Gasteiger partial charge in [0.1, 0.15) is 29.5 Å². The summed E-state index contributed by atoms with van der Waals surface area (Å²) in [7, 11) is 3.15. The van der Waals surface area contributed by atoms with Crippen LogP contribution in [-0.4, -0.2) is 70.3 Å². The van der Waals surface area contributed by atoms with Crippen LogP contribution in [0.15, 0.2) is 36.4 Å². The van der Waals surface area contributed by atoms with Crippen molar-refractivity contribution in [1.82, 2.24) is 0 Å². The Balaban J connectivity index is 1.87. The van der Waals surface area contributed by atoms with Crippen molar-refractivity contribution >= 4 is 23.4 Å². The Kier molecular flexibility index (Phi) is 7.73. The second-order valence-electron chi connectivity index (χ2n) is 6.92. The van der Waals surface area contributed by atoms with Crippen LogP contribution in [0.4, 0.5) is 0 Å². The molecule has 0 aliphatic carbocycles. The maximum absolute atomic E-state index is 10.4. The Morgan fingerprint density at radius 3 is 2.33 bits per heavy atom. The molecule has 0 bridgehead atoms. The van der Waals surface area contributed by atoms with Gasteiger partial charge in [-0.05, 0) is 29.8 Å². The number of halogens is 1. The number of rotatable bonds is 7. The van der Waals surface area contributed by atoms with Crippen LogP contribution in [0.1, 0.15) is 11.1 Å². The van der Waals surface area contributed by atoms with E-state index in [1.54, 1.807) is 38.5 Å². The van der Waals surface area contributed by atoms with Gasteiger partial charge < -0.3 is 34.6 Å². The zero-order valence-corrected chi connectivity index (χ0v) is 18.1. The minimum absolute atomic E-state index is 0.355. The number of aliphatic hydroxyl groups excluding tert-OH is 4. The standard InChI is InChI=1S/C21H25ClO7S/c1-27-14-5-3-11(16(9-14)28-2)7-12-8-13(22)4-6-15(12)29-21-20(26)19(25)18(24)17(10-23)30-21/h3-6,8-9,17-21,23-26H,7,10H2,1-2H3. The minimum atomic E-state index is -1.43. The maximum atomic E-state index is 10.4. The van der Waals surface area contributed by atoms with Crippen LogP contribution in [0, 0.1) is 0 Å². The lowest BCUT2D eigenvalue weighted by Gasteiger charge is -2.39. The molecule has 7 nitrogen and oxygen atoms in total. The van der Waals surface area contributed by atoms with Crippen molar-refractivity contribution in [1.29, 1.82) is 0 Å². The molecule has 0 radical (unpaired) electrons. The van der Waals surface area contributed by atoms with Crippen LogP contribution in [0.2, 0.25) is 5.02 Å². The Hall–Kier alpha value is -1.68. The molecule has 0 spiro atoms. The number of thioether (sulfide) groups is 1. The summed E-state index contributed by atoms with van der Waals surface area (Å²) in [5, 5.41) is 39.8. The fourth-order valence-corrected chi connectivity index (χ4v) is 4.72. The highest BCUT2D eigenvalue weighted by atomic mass is 35.5. The maximum Gasteiger partial charge on any atom is 0.173 e. The molecule has 1 aliphatic rings. The van der Waals surface area contributed by atoms with Gasteiger partial charge in [0.2, 0.25) is 0 Å². The number of ether oxygens (including phenoxy) is 3. The normalized spacial score (nSPS) is 26.3. The van der Waals surface area contributed by atoms with Gasteiger partial charge in [0.05, 0.1) is 32.2 Å². The topological polar surface area (TPSA) is 109 Å². The highest BCUT2D eigenvalue weighted by molar-refractivity contribution is 8.00. The number of hydrogen-bond donors (Lipinski definition) is 4. The first-order valence-electron chi connectivity index (χ1n) is 9.34. The van der Waals surface area contributed by atoms with Crippen LogP contribution in [0.25, 0.3) is 0 Å². The molecular formula is C21H25ClO7S. The minimum Gasteiger partial charge on any atom is -0.497 e. The van der Waals surface area contributed by atoms with Crippen molar-refractivity contribution in [3.8, 4) is 17.2 Å². The lowest BCUT2D eigenvalue weighted by molar-refractivity contribution is -0.0910. The van der Waals surface area contributed by atoms with E-state index in [1.165, 1.54) is 0 Å². The molecule has 1 heterocycles. The summed E-state index contributed by atoms with van der Waals surface area (Å²) < 4.78 is 16.7. The summed E-state index contributed by atoms with van der Waals surface area (Å²) in [5.74, 6) is 1.78. The predicted octanol–water partition coefficient (Wildman–Crippen LogP) is 1.84. The van der Waals surface area contributed by atoms with Gasteiger partial charge in [0.25, 0.3) is 0 Å². The molecule has 4 N–H and O–H groups in total. The summed E-state index contributed by atoms with van der Waals surface area (Å²) in [6.07, 6.45) is -3.56. The van der Waals surface area contributed by atoms with E-state index in [-0.39, 0.29) is 6.61 Å². The molecule has 30 heavy (non-hydrogen) atoms. The molecule has 1 saturated heterocycles. The predicted molar refractivity (Wildman–Crippen MR) is 115 cm³/mol. The third-order valence-corrected chi connectivity index (χ3v) is 6.65. The van der Waals surface area contributed by atoms with Crippen LogP contribution in [0.5, 0.6) is 17.2 Å². The van der Waals surface area contributed by atoms with Crippen molar-refractivity contribution in [3.63, 3.8) is 0 Å². The van der Waals surface area contributed by atoms with E-state index >= 15 is 0 Å². The molecule has 5 unspecified atom stereocenters. The molecule has 1 fully saturated rings. The Morgan fingerprint density at radius 1 is 0.900 bits per heavy atom. The van der Waals surface area contributed by atoms with E-state index in [1.807, 2.05) is 12.1 Å². The molecule has 2 aromatic carbocycles. The zero-order valence-electron chi connectivity index (χ0n) is 16.6. The number of benzene rings is 2. The molecular weight excluding hydrogens is 432 g/mol. The van der Waals surface area contributed by atoms with Gasteiger partial charge in [0, 0.05) is 23.1 Å². The third kappa shape index (κ3) is 4.96. The molecule has 5 atom stereocenters. The highest BCUT2D eigenvalue weighted by Gasteiger charge is 2.44. The summed E-state index contributed by atoms with van der Waals surface area (Å²) >= 11 is 7.27. The first-order chi connectivity index (χ1) is 14.4. The SMILES string of the molecule is COc1ccc(Cc2cc(Cl)ccc2OC2SC(CO)C(O)C(O)C2O)c(OC)c1. The fraction of sp³-hybridized carbons (Fsp3) is 0.429. The Labute approximate surface area is 184 Å². The smallest absolute Gasteiger partial charge is 0.173 e. The van der Waals surface area contributed by atoms with Crippen molar-refractivity contribution in [2.24, 2.45) is 0 Å². The molecule has 0 aromatic heterocycles. The van der Waals surface area contributed by atoms with Crippen molar-refractivity contribution in [3.05, 3.63) is 52.5 Å². The van der Waals surface area contributed by atoms with Gasteiger partial charge >= 0.3 is 0 Å². The third-order valence-electron chi connectivity index (χ3n) is 4.99. The van der Waals surface area contributed by atoms with Gasteiger partial charge in [-0.15, -0.1) is 11.8 Å². The van der Waals surface area contributed by atoms with E-state index in [2.05, 4.69) is 0 Å². The monoisotopic (exact) mass is 456 g/mol. The lowest BCUT2D eigenvalue weighted by Crippen LogP contribution is -2.55. The van der Waals surface area contributed by atoms with E-state index in [9.17, 15) is 20.4 Å². The fourth-order valence-electron chi connectivity index (χ4n) is 3.29. The molecule has 164 valence electrons. The largest absolute Gasteiger partial charge is 0.497 e. The summed E-state index contributed by atoms with van der Waals surface area (Å²) in [5.41, 5.74) is 0.754. The average Bonchev–Trinajstić information content (AvgIpc) is 2.75. The molecule has 3 rings (SSSR count). The first-order valence-corrected chi connectivity index (χ1v) is 10.7. The quantitative estimate of drug-likeness (QED) is 0.500. The first kappa shape index (κ1) is 23.0. The van der Waals surface area contributed by atoms with E-state index in [4.69, 9.17) is 25.8 Å². The molecule has 1 aliphatic heterocycles. The summed E-state index contributed by atoms with van der Waals surface area (Å²) in [6, 6.07) is 10.6. The number of methoxy groups -OCH3 is 2. The van der Waals surface area contributed by atoms with Crippen molar-refractivity contribution in [2.75, 3.05) is 20.8 Å². The van der Waals surface area contributed by atoms with Gasteiger partial charge in [-0.1, -0.05) is 17.7 Å². The molecule has 0 saturated carbocycles.